The summed E-state index contributed by atoms with van der Waals surface area (Å²) in [6.07, 6.45) is 11.9. The number of hydrogen-bond donors (Lipinski definition) is 0. The Kier molecular flexibility index (Phi) is 7.78. The molecule has 0 radical (unpaired) electrons. The summed E-state index contributed by atoms with van der Waals surface area (Å²) in [5, 5.41) is 0. The molecule has 3 aromatic rings. The maximum Gasteiger partial charge on any atom is -0.0162 e. The molecule has 0 atom stereocenters. The van der Waals surface area contributed by atoms with Crippen molar-refractivity contribution >= 4 is 0 Å². The molecule has 0 aromatic heterocycles. The highest BCUT2D eigenvalue weighted by Gasteiger charge is 2.19. The lowest BCUT2D eigenvalue weighted by atomic mass is 9.80. The van der Waals surface area contributed by atoms with Crippen molar-refractivity contribution in [1.29, 1.82) is 0 Å². The monoisotopic (exact) mass is 396 g/mol. The van der Waals surface area contributed by atoms with Gasteiger partial charge in [-0.15, -0.1) is 0 Å². The van der Waals surface area contributed by atoms with Gasteiger partial charge >= 0.3 is 0 Å². The van der Waals surface area contributed by atoms with E-state index in [1.807, 2.05) is 0 Å². The van der Waals surface area contributed by atoms with Crippen molar-refractivity contribution < 1.29 is 0 Å². The first-order valence-corrected chi connectivity index (χ1v) is 12.0. The summed E-state index contributed by atoms with van der Waals surface area (Å²) in [7, 11) is 0. The van der Waals surface area contributed by atoms with Gasteiger partial charge in [0.15, 0.2) is 0 Å². The summed E-state index contributed by atoms with van der Waals surface area (Å²) in [6.45, 7) is 0. The minimum atomic E-state index is 0.707. The van der Waals surface area contributed by atoms with E-state index in [2.05, 4.69) is 91.0 Å². The molecule has 30 heavy (non-hydrogen) atoms. The average Bonchev–Trinajstić information content (AvgIpc) is 2.81. The summed E-state index contributed by atoms with van der Waals surface area (Å²) in [4.78, 5) is 0. The lowest BCUT2D eigenvalue weighted by Crippen LogP contribution is -2.07. The Morgan fingerprint density at radius 2 is 0.567 bits per heavy atom. The Bertz CT molecular complexity index is 707. The second kappa shape index (κ2) is 11.2. The van der Waals surface area contributed by atoms with E-state index in [-0.39, 0.29) is 0 Å². The van der Waals surface area contributed by atoms with Crippen molar-refractivity contribution in [2.24, 2.45) is 0 Å². The highest BCUT2D eigenvalue weighted by molar-refractivity contribution is 5.22. The fourth-order valence-corrected chi connectivity index (χ4v) is 5.44. The van der Waals surface area contributed by atoms with Gasteiger partial charge in [-0.25, -0.2) is 0 Å². The van der Waals surface area contributed by atoms with E-state index in [4.69, 9.17) is 0 Å². The van der Waals surface area contributed by atoms with E-state index < -0.39 is 0 Å². The van der Waals surface area contributed by atoms with Gasteiger partial charge in [0, 0.05) is 0 Å². The molecule has 0 amide bonds. The van der Waals surface area contributed by atoms with Gasteiger partial charge < -0.3 is 0 Å². The zero-order chi connectivity index (χ0) is 20.4. The molecule has 1 fully saturated rings. The minimum absolute atomic E-state index is 0.707. The third-order valence-corrected chi connectivity index (χ3v) is 7.13. The molecule has 0 heteroatoms. The van der Waals surface area contributed by atoms with Crippen LogP contribution in [-0.4, -0.2) is 0 Å². The maximum absolute atomic E-state index is 2.35. The third kappa shape index (κ3) is 5.85. The fourth-order valence-electron chi connectivity index (χ4n) is 5.44. The van der Waals surface area contributed by atoms with Crippen molar-refractivity contribution in [2.75, 3.05) is 0 Å². The highest BCUT2D eigenvalue weighted by atomic mass is 14.2. The van der Waals surface area contributed by atoms with Crippen LogP contribution in [0.15, 0.2) is 91.0 Å². The Morgan fingerprint density at radius 1 is 0.333 bits per heavy atom. The van der Waals surface area contributed by atoms with Gasteiger partial charge in [0.2, 0.25) is 0 Å². The number of hydrogen-bond acceptors (Lipinski definition) is 0. The van der Waals surface area contributed by atoms with Crippen molar-refractivity contribution in [1.82, 2.24) is 0 Å². The summed E-state index contributed by atoms with van der Waals surface area (Å²) in [5.41, 5.74) is 4.63. The standard InChI is InChI=1S/C30H36/c1-4-13-25(14-5-1)28-19-10-21-29(26-15-6-2-7-16-26)23-12-24-30(22-11-20-28)27-17-8-3-9-18-27/h1-9,13-18,28-30H,10-12,19-24H2. The van der Waals surface area contributed by atoms with E-state index >= 15 is 0 Å². The second-order valence-electron chi connectivity index (χ2n) is 9.12. The topological polar surface area (TPSA) is 0 Å². The van der Waals surface area contributed by atoms with Gasteiger partial charge in [0.05, 0.1) is 0 Å². The predicted octanol–water partition coefficient (Wildman–Crippen LogP) is 8.86. The summed E-state index contributed by atoms with van der Waals surface area (Å²) in [5.74, 6) is 2.12. The maximum atomic E-state index is 2.35. The molecule has 0 heterocycles. The van der Waals surface area contributed by atoms with Gasteiger partial charge in [0.25, 0.3) is 0 Å². The molecule has 0 N–H and O–H groups in total. The second-order valence-corrected chi connectivity index (χ2v) is 9.12. The van der Waals surface area contributed by atoms with Crippen LogP contribution >= 0.6 is 0 Å². The predicted molar refractivity (Wildman–Crippen MR) is 129 cm³/mol. The SMILES string of the molecule is c1ccc(C2CCCC(c3ccccc3)CCCC(c3ccccc3)CCC2)cc1. The number of benzene rings is 3. The minimum Gasteiger partial charge on any atom is -0.0622 e. The lowest BCUT2D eigenvalue weighted by molar-refractivity contribution is 0.420. The quantitative estimate of drug-likeness (QED) is 0.414. The van der Waals surface area contributed by atoms with Crippen molar-refractivity contribution in [3.8, 4) is 0 Å². The van der Waals surface area contributed by atoms with Gasteiger partial charge in [-0.3, -0.25) is 0 Å². The zero-order valence-corrected chi connectivity index (χ0v) is 18.3. The molecule has 0 nitrogen and oxygen atoms in total. The number of rotatable bonds is 3. The molecule has 1 aliphatic carbocycles. The van der Waals surface area contributed by atoms with Gasteiger partial charge in [-0.2, -0.15) is 0 Å². The molecule has 0 spiro atoms. The first-order chi connectivity index (χ1) is 14.9. The van der Waals surface area contributed by atoms with Crippen LogP contribution in [0.4, 0.5) is 0 Å². The molecule has 0 bridgehead atoms. The van der Waals surface area contributed by atoms with Crippen LogP contribution < -0.4 is 0 Å². The van der Waals surface area contributed by atoms with Crippen LogP contribution in [-0.2, 0) is 0 Å². The average molecular weight is 397 g/mol. The van der Waals surface area contributed by atoms with Crippen LogP contribution in [0.25, 0.3) is 0 Å². The molecule has 4 rings (SSSR count). The Balaban J connectivity index is 1.52. The highest BCUT2D eigenvalue weighted by Crippen LogP contribution is 2.37. The van der Waals surface area contributed by atoms with Crippen LogP contribution in [0.3, 0.4) is 0 Å². The Morgan fingerprint density at radius 3 is 0.800 bits per heavy atom. The van der Waals surface area contributed by atoms with E-state index in [9.17, 15) is 0 Å². The van der Waals surface area contributed by atoms with E-state index in [1.165, 1.54) is 57.8 Å². The van der Waals surface area contributed by atoms with Gasteiger partial charge in [-0.1, -0.05) is 110 Å². The molecular weight excluding hydrogens is 360 g/mol. The fraction of sp³-hybridized carbons (Fsp3) is 0.400. The van der Waals surface area contributed by atoms with Gasteiger partial charge in [0.1, 0.15) is 0 Å². The van der Waals surface area contributed by atoms with Crippen LogP contribution in [0.2, 0.25) is 0 Å². The molecule has 156 valence electrons. The summed E-state index contributed by atoms with van der Waals surface area (Å²) < 4.78 is 0. The first kappa shape index (κ1) is 20.9. The van der Waals surface area contributed by atoms with E-state index in [1.54, 1.807) is 16.7 Å². The summed E-state index contributed by atoms with van der Waals surface area (Å²) >= 11 is 0. The van der Waals surface area contributed by atoms with E-state index in [0.717, 1.165) is 0 Å². The van der Waals surface area contributed by atoms with E-state index in [0.29, 0.717) is 17.8 Å². The van der Waals surface area contributed by atoms with Crippen molar-refractivity contribution in [3.63, 3.8) is 0 Å². The Hall–Kier alpha value is -2.34. The van der Waals surface area contributed by atoms with Crippen molar-refractivity contribution in [2.45, 2.75) is 75.5 Å². The van der Waals surface area contributed by atoms with Crippen LogP contribution in [0.1, 0.15) is 92.2 Å². The van der Waals surface area contributed by atoms with Gasteiger partial charge in [-0.05, 0) is 73.0 Å². The normalized spacial score (nSPS) is 23.8. The van der Waals surface area contributed by atoms with Crippen molar-refractivity contribution in [3.05, 3.63) is 108 Å². The van der Waals surface area contributed by atoms with Crippen LogP contribution in [0.5, 0.6) is 0 Å². The molecule has 0 aliphatic heterocycles. The smallest absolute Gasteiger partial charge is 0.0162 e. The molecule has 1 aliphatic rings. The third-order valence-electron chi connectivity index (χ3n) is 7.13. The molecule has 0 unspecified atom stereocenters. The largest absolute Gasteiger partial charge is 0.0622 e. The van der Waals surface area contributed by atoms with Crippen LogP contribution in [0, 0.1) is 0 Å². The lowest BCUT2D eigenvalue weighted by Gasteiger charge is -2.25. The molecular formula is C30H36. The zero-order valence-electron chi connectivity index (χ0n) is 18.3. The first-order valence-electron chi connectivity index (χ1n) is 12.0. The Labute approximate surface area is 183 Å². The molecule has 3 aromatic carbocycles. The summed E-state index contributed by atoms with van der Waals surface area (Å²) in [6, 6.07) is 33.8. The molecule has 1 saturated carbocycles. The molecule has 0 saturated heterocycles.